The van der Waals surface area contributed by atoms with E-state index in [1.807, 2.05) is 38.1 Å². The van der Waals surface area contributed by atoms with Crippen molar-refractivity contribution in [2.45, 2.75) is 64.0 Å². The summed E-state index contributed by atoms with van der Waals surface area (Å²) >= 11 is 0. The number of carbonyl (C=O) groups is 1. The topological polar surface area (TPSA) is 99.6 Å². The number of piperidine rings is 1. The third-order valence-corrected chi connectivity index (χ3v) is 6.78. The van der Waals surface area contributed by atoms with E-state index in [-0.39, 0.29) is 5.92 Å². The van der Waals surface area contributed by atoms with Gasteiger partial charge in [-0.1, -0.05) is 32.0 Å². The van der Waals surface area contributed by atoms with Crippen molar-refractivity contribution in [2.75, 3.05) is 27.2 Å². The monoisotopic (exact) mass is 455 g/mol. The van der Waals surface area contributed by atoms with Gasteiger partial charge >= 0.3 is 0 Å². The minimum absolute atomic E-state index is 0.228. The average molecular weight is 456 g/mol. The number of nitrogens with two attached hydrogens (primary N) is 1. The van der Waals surface area contributed by atoms with E-state index >= 15 is 0 Å². The maximum atomic E-state index is 11.1. The fourth-order valence-corrected chi connectivity index (χ4v) is 4.91. The van der Waals surface area contributed by atoms with Crippen LogP contribution in [-0.4, -0.2) is 60.9 Å². The van der Waals surface area contributed by atoms with Gasteiger partial charge in [0.05, 0.1) is 7.11 Å². The van der Waals surface area contributed by atoms with Gasteiger partial charge in [-0.15, -0.1) is 0 Å². The van der Waals surface area contributed by atoms with Crippen molar-refractivity contribution in [3.05, 3.63) is 42.0 Å². The first-order chi connectivity index (χ1) is 16.0. The summed E-state index contributed by atoms with van der Waals surface area (Å²) in [5, 5.41) is 21.3. The molecule has 2 aromatic rings. The number of ether oxygens (including phenoxy) is 1. The molecule has 1 aliphatic heterocycles. The van der Waals surface area contributed by atoms with Crippen LogP contribution in [0.1, 0.15) is 57.9 Å². The average Bonchev–Trinajstić information content (AvgIpc) is 2.90. The zero-order chi connectivity index (χ0) is 24.4. The van der Waals surface area contributed by atoms with Crippen molar-refractivity contribution in [1.29, 1.82) is 5.41 Å². The van der Waals surface area contributed by atoms with E-state index in [0.29, 0.717) is 30.9 Å². The second-order valence-corrected chi connectivity index (χ2v) is 8.63. The molecule has 1 saturated carbocycles. The molecule has 6 heteroatoms. The van der Waals surface area contributed by atoms with Crippen molar-refractivity contribution in [3.63, 3.8) is 0 Å². The van der Waals surface area contributed by atoms with Gasteiger partial charge in [0.2, 0.25) is 0 Å². The third kappa shape index (κ3) is 6.62. The van der Waals surface area contributed by atoms with Gasteiger partial charge in [-0.2, -0.15) is 0 Å². The van der Waals surface area contributed by atoms with Crippen molar-refractivity contribution < 1.29 is 14.6 Å². The fourth-order valence-electron chi connectivity index (χ4n) is 4.91. The molecule has 0 spiro atoms. The lowest BCUT2D eigenvalue weighted by Crippen LogP contribution is -2.48. The van der Waals surface area contributed by atoms with E-state index in [9.17, 15) is 9.90 Å². The summed E-state index contributed by atoms with van der Waals surface area (Å²) in [4.78, 5) is 13.6. The van der Waals surface area contributed by atoms with Gasteiger partial charge < -0.3 is 25.8 Å². The molecule has 0 amide bonds. The standard InChI is InChI=1S/C24H30N2O3.C2H6.CH5N/c1-29-22-7-6-17-13-19(5-4-18(17)14-22)23(25)20-3-2-12-26(15-20)21-8-10-24(28,16-27)11-9-21;2*1-2/h4-7,13-14,16,20-21,25,28H,2-3,8-12,15H2,1H3;1-2H3;2H2,1H3. The molecule has 1 unspecified atom stereocenters. The van der Waals surface area contributed by atoms with Crippen LogP contribution in [0.2, 0.25) is 0 Å². The molecule has 0 aromatic heterocycles. The van der Waals surface area contributed by atoms with Gasteiger partial charge in [-0.05, 0) is 86.7 Å². The molecule has 4 N–H and O–H groups in total. The molecule has 1 aliphatic carbocycles. The number of aliphatic hydroxyl groups is 1. The zero-order valence-corrected chi connectivity index (χ0v) is 20.6. The first kappa shape index (κ1) is 27.0. The lowest BCUT2D eigenvalue weighted by molar-refractivity contribution is -0.128. The normalized spacial score (nSPS) is 25.2. The Kier molecular flexibility index (Phi) is 10.5. The molecule has 1 saturated heterocycles. The zero-order valence-electron chi connectivity index (χ0n) is 20.6. The summed E-state index contributed by atoms with van der Waals surface area (Å²) in [5.74, 6) is 1.07. The molecule has 33 heavy (non-hydrogen) atoms. The minimum atomic E-state index is -1.12. The number of aldehydes is 1. The number of rotatable bonds is 5. The molecule has 2 fully saturated rings. The van der Waals surface area contributed by atoms with Crippen LogP contribution in [0.25, 0.3) is 10.8 Å². The van der Waals surface area contributed by atoms with Gasteiger partial charge in [0.15, 0.2) is 6.29 Å². The molecule has 2 aromatic carbocycles. The molecule has 6 nitrogen and oxygen atoms in total. The smallest absolute Gasteiger partial charge is 0.151 e. The van der Waals surface area contributed by atoms with E-state index in [4.69, 9.17) is 10.1 Å². The molecule has 2 aliphatic rings. The Morgan fingerprint density at radius 1 is 1.12 bits per heavy atom. The van der Waals surface area contributed by atoms with Crippen LogP contribution in [0.5, 0.6) is 5.75 Å². The molecule has 1 heterocycles. The van der Waals surface area contributed by atoms with Crippen LogP contribution >= 0.6 is 0 Å². The highest BCUT2D eigenvalue weighted by Crippen LogP contribution is 2.33. The predicted octanol–water partition coefficient (Wildman–Crippen LogP) is 4.40. The van der Waals surface area contributed by atoms with Gasteiger partial charge in [0.25, 0.3) is 0 Å². The number of benzene rings is 2. The van der Waals surface area contributed by atoms with Crippen LogP contribution in [0, 0.1) is 11.3 Å². The lowest BCUT2D eigenvalue weighted by atomic mass is 9.81. The van der Waals surface area contributed by atoms with Crippen molar-refractivity contribution in [3.8, 4) is 5.75 Å². The molecule has 182 valence electrons. The Labute approximate surface area is 198 Å². The van der Waals surface area contributed by atoms with Crippen LogP contribution in [0.4, 0.5) is 0 Å². The third-order valence-electron chi connectivity index (χ3n) is 6.78. The number of fused-ring (bicyclic) bond motifs is 1. The van der Waals surface area contributed by atoms with Crippen LogP contribution in [0.15, 0.2) is 36.4 Å². The van der Waals surface area contributed by atoms with Gasteiger partial charge in [0.1, 0.15) is 11.4 Å². The Bertz CT molecular complexity index is 907. The van der Waals surface area contributed by atoms with Crippen LogP contribution < -0.4 is 10.5 Å². The van der Waals surface area contributed by atoms with Crippen molar-refractivity contribution in [2.24, 2.45) is 11.7 Å². The van der Waals surface area contributed by atoms with Crippen molar-refractivity contribution in [1.82, 2.24) is 4.90 Å². The molecule has 1 atom stereocenters. The Hall–Kier alpha value is -2.28. The molecular formula is C27H41N3O3. The number of hydrogen-bond acceptors (Lipinski definition) is 6. The number of likely N-dealkylation sites (tertiary alicyclic amines) is 1. The lowest BCUT2D eigenvalue weighted by Gasteiger charge is -2.42. The highest BCUT2D eigenvalue weighted by atomic mass is 16.5. The van der Waals surface area contributed by atoms with Crippen molar-refractivity contribution >= 4 is 22.8 Å². The quantitative estimate of drug-likeness (QED) is 0.458. The highest BCUT2D eigenvalue weighted by molar-refractivity contribution is 6.03. The molecular weight excluding hydrogens is 414 g/mol. The number of nitrogens with zero attached hydrogens (tertiary/aromatic N) is 1. The first-order valence-corrected chi connectivity index (χ1v) is 12.2. The molecule has 0 bridgehead atoms. The summed E-state index contributed by atoms with van der Waals surface area (Å²) in [5.41, 5.74) is 5.09. The van der Waals surface area contributed by atoms with Gasteiger partial charge in [-0.25, -0.2) is 0 Å². The largest absolute Gasteiger partial charge is 0.497 e. The fraction of sp³-hybridized carbons (Fsp3) is 0.556. The number of carbonyl (C=O) groups excluding carboxylic acids is 1. The van der Waals surface area contributed by atoms with Gasteiger partial charge in [-0.3, -0.25) is 4.90 Å². The van der Waals surface area contributed by atoms with E-state index in [1.165, 1.54) is 7.05 Å². The van der Waals surface area contributed by atoms with Gasteiger partial charge in [0, 0.05) is 24.2 Å². The number of nitrogens with one attached hydrogen (secondary N) is 1. The Morgan fingerprint density at radius 3 is 2.39 bits per heavy atom. The number of hydrogen-bond donors (Lipinski definition) is 3. The summed E-state index contributed by atoms with van der Waals surface area (Å²) in [6.45, 7) is 5.94. The maximum Gasteiger partial charge on any atom is 0.151 e. The Balaban J connectivity index is 0.000000914. The second kappa shape index (κ2) is 12.8. The van der Waals surface area contributed by atoms with E-state index in [1.54, 1.807) is 7.11 Å². The summed E-state index contributed by atoms with van der Waals surface area (Å²) in [6.07, 6.45) is 5.66. The summed E-state index contributed by atoms with van der Waals surface area (Å²) in [6, 6.07) is 12.7. The maximum absolute atomic E-state index is 11.1. The predicted molar refractivity (Wildman–Crippen MR) is 136 cm³/mol. The van der Waals surface area contributed by atoms with Crippen LogP contribution in [-0.2, 0) is 4.79 Å². The minimum Gasteiger partial charge on any atom is -0.497 e. The molecule has 0 radical (unpaired) electrons. The molecule has 4 rings (SSSR count). The summed E-state index contributed by atoms with van der Waals surface area (Å²) in [7, 11) is 3.17. The van der Waals surface area contributed by atoms with E-state index in [2.05, 4.69) is 22.8 Å². The van der Waals surface area contributed by atoms with Crippen LogP contribution in [0.3, 0.4) is 0 Å². The number of methoxy groups -OCH3 is 1. The highest BCUT2D eigenvalue weighted by Gasteiger charge is 2.36. The first-order valence-electron chi connectivity index (χ1n) is 12.2. The van der Waals surface area contributed by atoms with E-state index in [0.717, 1.165) is 60.9 Å². The summed E-state index contributed by atoms with van der Waals surface area (Å²) < 4.78 is 5.30. The SMILES string of the molecule is CC.CN.COc1ccc2cc(C(=N)C3CCCN(C4CCC(O)(C=O)CC4)C3)ccc2c1. The second-order valence-electron chi connectivity index (χ2n) is 8.63. The Morgan fingerprint density at radius 2 is 1.76 bits per heavy atom. The van der Waals surface area contributed by atoms with E-state index < -0.39 is 5.60 Å².